The normalized spacial score (nSPS) is 34.5. The van der Waals surface area contributed by atoms with Crippen LogP contribution in [0.1, 0.15) is 126 Å². The maximum Gasteiger partial charge on any atom is 0.338 e. The molecule has 3 aromatic carbocycles. The first-order chi connectivity index (χ1) is 32.9. The predicted molar refractivity (Wildman–Crippen MR) is 252 cm³/mol. The Balaban J connectivity index is 1.23. The van der Waals surface area contributed by atoms with E-state index in [-0.39, 0.29) is 13.0 Å². The van der Waals surface area contributed by atoms with Gasteiger partial charge in [0, 0.05) is 41.9 Å². The van der Waals surface area contributed by atoms with Crippen LogP contribution in [0.15, 0.2) is 102 Å². The first-order valence-electron chi connectivity index (χ1n) is 24.8. The van der Waals surface area contributed by atoms with Crippen LogP contribution in [0.5, 0.6) is 0 Å². The summed E-state index contributed by atoms with van der Waals surface area (Å²) < 4.78 is 60.6. The molecular formula is C55H69NO13. The molecule has 2 unspecified atom stereocenters. The van der Waals surface area contributed by atoms with Crippen LogP contribution < -0.4 is 5.32 Å². The van der Waals surface area contributed by atoms with Crippen molar-refractivity contribution in [1.29, 1.82) is 0 Å². The number of nitrogens with one attached hydrogen (secondary N) is 1. The van der Waals surface area contributed by atoms with Crippen molar-refractivity contribution in [2.45, 2.75) is 166 Å². The third kappa shape index (κ3) is 8.98. The van der Waals surface area contributed by atoms with Crippen molar-refractivity contribution in [3.63, 3.8) is 0 Å². The number of rotatable bonds is 14. The molecule has 14 heteroatoms. The van der Waals surface area contributed by atoms with E-state index >= 15 is 9.59 Å². The number of fused-ring (bicyclic) bond motifs is 8. The molecule has 13 atom stereocenters. The third-order valence-electron chi connectivity index (χ3n) is 15.9. The van der Waals surface area contributed by atoms with Gasteiger partial charge in [0.15, 0.2) is 30.1 Å². The highest BCUT2D eigenvalue weighted by molar-refractivity contribution is 5.95. The Kier molecular flexibility index (Phi) is 13.8. The van der Waals surface area contributed by atoms with Gasteiger partial charge in [-0.25, -0.2) is 9.59 Å². The molecule has 3 heterocycles. The van der Waals surface area contributed by atoms with Crippen molar-refractivity contribution in [2.24, 2.45) is 16.7 Å². The molecule has 1 amide bonds. The van der Waals surface area contributed by atoms with Gasteiger partial charge in [0.25, 0.3) is 5.91 Å². The number of hydrogen-bond donors (Lipinski definition) is 2. The molecule has 3 aliphatic heterocycles. The monoisotopic (exact) mass is 951 g/mol. The molecule has 6 aliphatic rings. The average molecular weight is 952 g/mol. The summed E-state index contributed by atoms with van der Waals surface area (Å²) in [4.78, 5) is 44.6. The average Bonchev–Trinajstić information content (AvgIpc) is 3.66. The summed E-state index contributed by atoms with van der Waals surface area (Å²) in [7, 11) is 0. The second kappa shape index (κ2) is 19.2. The van der Waals surface area contributed by atoms with Crippen molar-refractivity contribution in [3.8, 4) is 0 Å². The lowest BCUT2D eigenvalue weighted by Gasteiger charge is -2.68. The highest BCUT2D eigenvalue weighted by Gasteiger charge is 2.77. The van der Waals surface area contributed by atoms with Crippen molar-refractivity contribution in [2.75, 3.05) is 19.8 Å². The molecule has 9 rings (SSSR count). The molecule has 0 spiro atoms. The zero-order valence-electron chi connectivity index (χ0n) is 41.1. The summed E-state index contributed by atoms with van der Waals surface area (Å²) in [6.45, 7) is 16.2. The van der Waals surface area contributed by atoms with Crippen LogP contribution in [0.4, 0.5) is 0 Å². The zero-order valence-corrected chi connectivity index (χ0v) is 41.1. The summed E-state index contributed by atoms with van der Waals surface area (Å²) >= 11 is 0. The minimum Gasteiger partial charge on any atom is -0.456 e. The summed E-state index contributed by atoms with van der Waals surface area (Å²) in [5.74, 6) is -3.70. The van der Waals surface area contributed by atoms with E-state index < -0.39 is 107 Å². The quantitative estimate of drug-likeness (QED) is 0.0904. The van der Waals surface area contributed by atoms with Crippen LogP contribution in [0.25, 0.3) is 0 Å². The molecule has 14 nitrogen and oxygen atoms in total. The van der Waals surface area contributed by atoms with E-state index in [9.17, 15) is 9.90 Å². The van der Waals surface area contributed by atoms with Gasteiger partial charge in [-0.3, -0.25) is 4.79 Å². The van der Waals surface area contributed by atoms with E-state index in [4.69, 9.17) is 42.6 Å². The number of carbonyl (C=O) groups is 3. The van der Waals surface area contributed by atoms with Crippen LogP contribution in [-0.2, 0) is 47.4 Å². The van der Waals surface area contributed by atoms with E-state index in [1.807, 2.05) is 84.0 Å². The SMILES string of the molecule is CCOC(C)O[C@@H](C(=O)O[C@H]1C[C@@]2(OC(=O)c3ccccc3)[C@@H](OC3CCCCO3)[C@H]3[C@@](C)(CC[C@H]4OC[C@]43O)[C@H]3OC(C)(C)O[C@@H]3C(=C1C)C2(C)C)[C@@H](NC(=O)c1ccccc1)c1ccccc1. The maximum absolute atomic E-state index is 15.5. The first-order valence-corrected chi connectivity index (χ1v) is 24.8. The molecular weight excluding hydrogens is 883 g/mol. The number of benzene rings is 3. The van der Waals surface area contributed by atoms with Crippen LogP contribution in [0.2, 0.25) is 0 Å². The van der Waals surface area contributed by atoms with Gasteiger partial charge < -0.3 is 53.1 Å². The molecule has 0 aromatic heterocycles. The fourth-order valence-electron chi connectivity index (χ4n) is 12.5. The van der Waals surface area contributed by atoms with Crippen LogP contribution >= 0.6 is 0 Å². The maximum atomic E-state index is 15.5. The Bertz CT molecular complexity index is 2350. The van der Waals surface area contributed by atoms with Crippen molar-refractivity contribution in [3.05, 3.63) is 119 Å². The number of hydrogen-bond acceptors (Lipinski definition) is 13. The van der Waals surface area contributed by atoms with Gasteiger partial charge in [-0.2, -0.15) is 0 Å². The number of esters is 2. The third-order valence-corrected chi connectivity index (χ3v) is 15.9. The fourth-order valence-corrected chi connectivity index (χ4v) is 12.5. The van der Waals surface area contributed by atoms with Crippen molar-refractivity contribution < 1.29 is 62.1 Å². The minimum atomic E-state index is -1.68. The van der Waals surface area contributed by atoms with Crippen LogP contribution in [-0.4, -0.2) is 109 Å². The number of carbonyl (C=O) groups excluding carboxylic acids is 3. The van der Waals surface area contributed by atoms with Gasteiger partial charge in [-0.05, 0) is 108 Å². The lowest BCUT2D eigenvalue weighted by atomic mass is 9.45. The summed E-state index contributed by atoms with van der Waals surface area (Å²) in [6, 6.07) is 25.6. The molecule has 5 fully saturated rings. The smallest absolute Gasteiger partial charge is 0.338 e. The largest absolute Gasteiger partial charge is 0.456 e. The molecule has 3 aliphatic carbocycles. The summed E-state index contributed by atoms with van der Waals surface area (Å²) in [5, 5.41) is 16.3. The second-order valence-electron chi connectivity index (χ2n) is 20.9. The standard InChI is InChI=1S/C55H69NO13/c1-9-61-34(3)64-44(42(35-21-13-10-14-22-35)56-48(57)36-23-15-11-16-24-36)50(59)65-38-31-55(69-49(58)37-25-17-12-18-26-37)47(66-40-27-19-20-30-62-40)45-53(8,29-28-39-54(45,60)32-63-39)46-43(67-52(6,7)68-46)41(33(38)2)51(55,4)5/h10-18,21-26,34,38-40,42-47,60H,9,19-20,27-32H2,1-8H3,(H,56,57)/t34?,38-,39+,40?,42-,43+,44+,45-,46-,47-,53+,54-,55+/m0/s1. The predicted octanol–water partition coefficient (Wildman–Crippen LogP) is 8.17. The lowest BCUT2D eigenvalue weighted by Crippen LogP contribution is -2.79. The van der Waals surface area contributed by atoms with Gasteiger partial charge in [-0.15, -0.1) is 0 Å². The fraction of sp³-hybridized carbons (Fsp3) is 0.582. The molecule has 0 radical (unpaired) electrons. The van der Waals surface area contributed by atoms with Crippen LogP contribution in [0, 0.1) is 16.7 Å². The highest BCUT2D eigenvalue weighted by atomic mass is 16.8. The molecule has 2 bridgehead atoms. The molecule has 69 heavy (non-hydrogen) atoms. The van der Waals surface area contributed by atoms with Gasteiger partial charge in [0.1, 0.15) is 23.9 Å². The van der Waals surface area contributed by atoms with E-state index in [0.29, 0.717) is 54.7 Å². The van der Waals surface area contributed by atoms with E-state index in [1.54, 1.807) is 55.5 Å². The van der Waals surface area contributed by atoms with E-state index in [2.05, 4.69) is 12.2 Å². The van der Waals surface area contributed by atoms with Gasteiger partial charge in [0.05, 0.1) is 30.4 Å². The Labute approximate surface area is 405 Å². The Morgan fingerprint density at radius 3 is 2.14 bits per heavy atom. The highest BCUT2D eigenvalue weighted by Crippen LogP contribution is 2.67. The number of aliphatic hydroxyl groups is 1. The minimum absolute atomic E-state index is 0.0286. The Morgan fingerprint density at radius 2 is 1.52 bits per heavy atom. The molecule has 3 saturated heterocycles. The van der Waals surface area contributed by atoms with Crippen molar-refractivity contribution >= 4 is 17.8 Å². The lowest BCUT2D eigenvalue weighted by molar-refractivity contribution is -0.363. The second-order valence-corrected chi connectivity index (χ2v) is 20.9. The Hall–Kier alpha value is -4.51. The topological polar surface area (TPSA) is 167 Å². The Morgan fingerprint density at radius 1 is 0.855 bits per heavy atom. The van der Waals surface area contributed by atoms with E-state index in [0.717, 1.165) is 18.4 Å². The summed E-state index contributed by atoms with van der Waals surface area (Å²) in [6.07, 6.45) is -3.79. The molecule has 2 saturated carbocycles. The number of amides is 1. The van der Waals surface area contributed by atoms with Gasteiger partial charge in [0.2, 0.25) is 0 Å². The molecule has 3 aromatic rings. The van der Waals surface area contributed by atoms with E-state index in [1.165, 1.54) is 0 Å². The van der Waals surface area contributed by atoms with Gasteiger partial charge in [-0.1, -0.05) is 87.5 Å². The molecule has 2 N–H and O–H groups in total. The number of ether oxygens (including phenoxy) is 9. The zero-order chi connectivity index (χ0) is 48.9. The first kappa shape index (κ1) is 49.5. The van der Waals surface area contributed by atoms with Gasteiger partial charge >= 0.3 is 11.9 Å². The van der Waals surface area contributed by atoms with Crippen LogP contribution in [0.3, 0.4) is 0 Å². The summed E-state index contributed by atoms with van der Waals surface area (Å²) in [5.41, 5.74) is -2.39. The van der Waals surface area contributed by atoms with Crippen molar-refractivity contribution in [1.82, 2.24) is 5.32 Å². The molecule has 372 valence electrons.